The predicted octanol–water partition coefficient (Wildman–Crippen LogP) is 4.00. The molecule has 0 aliphatic carbocycles. The van der Waals surface area contributed by atoms with Crippen LogP contribution in [0.25, 0.3) is 10.8 Å². The number of amides is 1. The van der Waals surface area contributed by atoms with Gasteiger partial charge in [-0.15, -0.1) is 0 Å². The third-order valence-electron chi connectivity index (χ3n) is 3.26. The summed E-state index contributed by atoms with van der Waals surface area (Å²) < 4.78 is 19.0. The highest BCUT2D eigenvalue weighted by Gasteiger charge is 2.08. The van der Waals surface area contributed by atoms with Crippen LogP contribution in [-0.4, -0.2) is 12.5 Å². The number of rotatable bonds is 4. The Balaban J connectivity index is 1.69. The molecule has 110 valence electrons. The van der Waals surface area contributed by atoms with E-state index in [4.69, 9.17) is 4.74 Å². The Morgan fingerprint density at radius 1 is 0.955 bits per heavy atom. The van der Waals surface area contributed by atoms with Crippen molar-refractivity contribution in [1.82, 2.24) is 0 Å². The molecule has 0 bridgehead atoms. The van der Waals surface area contributed by atoms with E-state index >= 15 is 0 Å². The summed E-state index contributed by atoms with van der Waals surface area (Å²) in [5, 5.41) is 4.46. The summed E-state index contributed by atoms with van der Waals surface area (Å²) in [6.07, 6.45) is 0. The molecule has 0 aliphatic rings. The number of hydrogen-bond donors (Lipinski definition) is 1. The Labute approximate surface area is 127 Å². The highest BCUT2D eigenvalue weighted by atomic mass is 19.1. The monoisotopic (exact) mass is 295 g/mol. The smallest absolute Gasteiger partial charge is 0.262 e. The van der Waals surface area contributed by atoms with Gasteiger partial charge in [0.1, 0.15) is 11.6 Å². The van der Waals surface area contributed by atoms with E-state index in [1.165, 1.54) is 12.1 Å². The minimum absolute atomic E-state index is 0.147. The van der Waals surface area contributed by atoms with Gasteiger partial charge in [-0.2, -0.15) is 0 Å². The van der Waals surface area contributed by atoms with Gasteiger partial charge in [0.2, 0.25) is 0 Å². The summed E-state index contributed by atoms with van der Waals surface area (Å²) in [4.78, 5) is 11.9. The van der Waals surface area contributed by atoms with Crippen molar-refractivity contribution in [3.63, 3.8) is 0 Å². The summed E-state index contributed by atoms with van der Waals surface area (Å²) >= 11 is 0. The van der Waals surface area contributed by atoms with Crippen LogP contribution in [0.15, 0.2) is 66.7 Å². The molecule has 0 radical (unpaired) electrons. The van der Waals surface area contributed by atoms with Gasteiger partial charge in [0, 0.05) is 5.39 Å². The first-order valence-electron chi connectivity index (χ1n) is 6.89. The molecule has 3 aromatic rings. The van der Waals surface area contributed by atoms with Gasteiger partial charge in [0.05, 0.1) is 5.69 Å². The quantitative estimate of drug-likeness (QED) is 0.790. The molecule has 0 saturated heterocycles. The van der Waals surface area contributed by atoms with Crippen molar-refractivity contribution in [2.24, 2.45) is 0 Å². The largest absolute Gasteiger partial charge is 0.483 e. The molecule has 1 N–H and O–H groups in total. The lowest BCUT2D eigenvalue weighted by Gasteiger charge is -2.10. The molecule has 0 aromatic heterocycles. The fourth-order valence-corrected chi connectivity index (χ4v) is 2.21. The fraction of sp³-hybridized carbons (Fsp3) is 0.0556. The topological polar surface area (TPSA) is 38.3 Å². The lowest BCUT2D eigenvalue weighted by Crippen LogP contribution is -2.20. The lowest BCUT2D eigenvalue weighted by atomic mass is 10.1. The van der Waals surface area contributed by atoms with Crippen LogP contribution in [-0.2, 0) is 4.79 Å². The number of ether oxygens (including phenoxy) is 1. The first kappa shape index (κ1) is 14.1. The molecule has 0 saturated carbocycles. The van der Waals surface area contributed by atoms with E-state index < -0.39 is 11.7 Å². The van der Waals surface area contributed by atoms with Crippen molar-refractivity contribution in [3.8, 4) is 5.75 Å². The second kappa shape index (κ2) is 6.26. The van der Waals surface area contributed by atoms with E-state index in [0.29, 0.717) is 5.75 Å². The van der Waals surface area contributed by atoms with E-state index in [0.717, 1.165) is 10.8 Å². The Morgan fingerprint density at radius 3 is 2.55 bits per heavy atom. The standard InChI is InChI=1S/C18H14FNO2/c19-15-9-3-4-10-16(15)20-18(21)12-22-17-11-5-7-13-6-1-2-8-14(13)17/h1-11H,12H2,(H,20,21). The molecule has 0 aliphatic heterocycles. The number of halogens is 1. The lowest BCUT2D eigenvalue weighted by molar-refractivity contribution is -0.118. The maximum absolute atomic E-state index is 13.5. The van der Waals surface area contributed by atoms with Crippen LogP contribution in [0.2, 0.25) is 0 Å². The first-order valence-corrected chi connectivity index (χ1v) is 6.89. The molecule has 3 nitrogen and oxygen atoms in total. The summed E-state index contributed by atoms with van der Waals surface area (Å²) in [5.74, 6) is -0.249. The van der Waals surface area contributed by atoms with E-state index in [-0.39, 0.29) is 12.3 Å². The first-order chi connectivity index (χ1) is 10.7. The van der Waals surface area contributed by atoms with Crippen molar-refractivity contribution in [2.45, 2.75) is 0 Å². The number of carbonyl (C=O) groups is 1. The average molecular weight is 295 g/mol. The van der Waals surface area contributed by atoms with E-state index in [1.54, 1.807) is 18.2 Å². The Morgan fingerprint density at radius 2 is 1.68 bits per heavy atom. The molecule has 0 spiro atoms. The summed E-state index contributed by atoms with van der Waals surface area (Å²) in [7, 11) is 0. The van der Waals surface area contributed by atoms with Crippen molar-refractivity contribution >= 4 is 22.4 Å². The zero-order chi connectivity index (χ0) is 15.4. The Bertz CT molecular complexity index is 812. The maximum atomic E-state index is 13.5. The Hall–Kier alpha value is -2.88. The van der Waals surface area contributed by atoms with Gasteiger partial charge in [-0.05, 0) is 23.6 Å². The van der Waals surface area contributed by atoms with Gasteiger partial charge in [-0.3, -0.25) is 4.79 Å². The molecule has 4 heteroatoms. The molecule has 1 amide bonds. The highest BCUT2D eigenvalue weighted by molar-refractivity contribution is 5.93. The maximum Gasteiger partial charge on any atom is 0.262 e. The molecule has 0 atom stereocenters. The third kappa shape index (κ3) is 3.06. The molecular formula is C18H14FNO2. The van der Waals surface area contributed by atoms with Gasteiger partial charge in [-0.25, -0.2) is 4.39 Å². The van der Waals surface area contributed by atoms with Crippen LogP contribution < -0.4 is 10.1 Å². The number of anilines is 1. The number of hydrogen-bond acceptors (Lipinski definition) is 2. The van der Waals surface area contributed by atoms with Gasteiger partial charge in [0.25, 0.3) is 5.91 Å². The number of nitrogens with one attached hydrogen (secondary N) is 1. The summed E-state index contributed by atoms with van der Waals surface area (Å²) in [6.45, 7) is -0.178. The van der Waals surface area contributed by atoms with Crippen LogP contribution in [0.1, 0.15) is 0 Å². The van der Waals surface area contributed by atoms with E-state index in [2.05, 4.69) is 5.32 Å². The molecule has 22 heavy (non-hydrogen) atoms. The third-order valence-corrected chi connectivity index (χ3v) is 3.26. The zero-order valence-electron chi connectivity index (χ0n) is 11.8. The van der Waals surface area contributed by atoms with E-state index in [9.17, 15) is 9.18 Å². The predicted molar refractivity (Wildman–Crippen MR) is 84.5 cm³/mol. The minimum atomic E-state index is -0.471. The normalized spacial score (nSPS) is 10.4. The molecular weight excluding hydrogens is 281 g/mol. The number of benzene rings is 3. The van der Waals surface area contributed by atoms with Crippen LogP contribution in [0, 0.1) is 5.82 Å². The van der Waals surface area contributed by atoms with Gasteiger partial charge >= 0.3 is 0 Å². The van der Waals surface area contributed by atoms with Crippen molar-refractivity contribution in [2.75, 3.05) is 11.9 Å². The van der Waals surface area contributed by atoms with Crippen LogP contribution in [0.5, 0.6) is 5.75 Å². The van der Waals surface area contributed by atoms with Crippen molar-refractivity contribution in [3.05, 3.63) is 72.5 Å². The van der Waals surface area contributed by atoms with Crippen molar-refractivity contribution in [1.29, 1.82) is 0 Å². The number of carbonyl (C=O) groups excluding carboxylic acids is 1. The average Bonchev–Trinajstić information content (AvgIpc) is 2.55. The molecule has 3 rings (SSSR count). The van der Waals surface area contributed by atoms with E-state index in [1.807, 2.05) is 36.4 Å². The number of fused-ring (bicyclic) bond motifs is 1. The summed E-state index contributed by atoms with van der Waals surface area (Å²) in [5.41, 5.74) is 0.147. The Kier molecular flexibility index (Phi) is 4.01. The molecule has 0 heterocycles. The number of para-hydroxylation sites is 1. The van der Waals surface area contributed by atoms with Crippen LogP contribution >= 0.6 is 0 Å². The molecule has 3 aromatic carbocycles. The van der Waals surface area contributed by atoms with Crippen LogP contribution in [0.3, 0.4) is 0 Å². The van der Waals surface area contributed by atoms with Gasteiger partial charge in [0.15, 0.2) is 6.61 Å². The van der Waals surface area contributed by atoms with Crippen LogP contribution in [0.4, 0.5) is 10.1 Å². The zero-order valence-corrected chi connectivity index (χ0v) is 11.8. The molecule has 0 unspecified atom stereocenters. The summed E-state index contributed by atoms with van der Waals surface area (Å²) in [6, 6.07) is 19.4. The second-order valence-corrected chi connectivity index (χ2v) is 4.79. The SMILES string of the molecule is O=C(COc1cccc2ccccc12)Nc1ccccc1F. The second-order valence-electron chi connectivity index (χ2n) is 4.79. The van der Waals surface area contributed by atoms with Gasteiger partial charge < -0.3 is 10.1 Å². The van der Waals surface area contributed by atoms with Gasteiger partial charge in [-0.1, -0.05) is 48.5 Å². The fourth-order valence-electron chi connectivity index (χ4n) is 2.21. The highest BCUT2D eigenvalue weighted by Crippen LogP contribution is 2.25. The minimum Gasteiger partial charge on any atom is -0.483 e. The molecule has 0 fully saturated rings. The van der Waals surface area contributed by atoms with Crippen molar-refractivity contribution < 1.29 is 13.9 Å².